The first-order valence-electron chi connectivity index (χ1n) is 5.59. The lowest BCUT2D eigenvalue weighted by Gasteiger charge is -2.03. The average Bonchev–Trinajstić information content (AvgIpc) is 2.70. The molecule has 2 aromatic rings. The van der Waals surface area contributed by atoms with Crippen molar-refractivity contribution in [2.24, 2.45) is 0 Å². The summed E-state index contributed by atoms with van der Waals surface area (Å²) in [6, 6.07) is 6.17. The van der Waals surface area contributed by atoms with Crippen molar-refractivity contribution >= 4 is 5.97 Å². The molecule has 0 aliphatic heterocycles. The maximum absolute atomic E-state index is 10.5. The van der Waals surface area contributed by atoms with Crippen LogP contribution in [0.1, 0.15) is 22.5 Å². The summed E-state index contributed by atoms with van der Waals surface area (Å²) in [5.41, 5.74) is 3.47. The summed E-state index contributed by atoms with van der Waals surface area (Å²) in [5.74, 6) is -0.448. The van der Waals surface area contributed by atoms with E-state index in [9.17, 15) is 4.79 Å². The lowest BCUT2D eigenvalue weighted by atomic mass is 10.0. The van der Waals surface area contributed by atoms with Crippen LogP contribution in [0.15, 0.2) is 18.2 Å². The number of carbonyl (C=O) groups is 1. The molecule has 1 heterocycles. The first-order chi connectivity index (χ1) is 8.54. The van der Waals surface area contributed by atoms with Crippen LogP contribution in [0.4, 0.5) is 0 Å². The van der Waals surface area contributed by atoms with E-state index in [0.717, 1.165) is 15.9 Å². The fraction of sp³-hybridized carbons (Fsp3) is 0.333. The van der Waals surface area contributed by atoms with Gasteiger partial charge in [-0.2, -0.15) is 4.80 Å². The first kappa shape index (κ1) is 12.2. The Bertz CT molecular complexity index is 577. The number of aryl methyl sites for hydroxylation is 2. The van der Waals surface area contributed by atoms with E-state index in [2.05, 4.69) is 21.5 Å². The number of hydrogen-bond acceptors (Lipinski definition) is 4. The molecule has 1 N–H and O–H groups in total. The molecule has 18 heavy (non-hydrogen) atoms. The van der Waals surface area contributed by atoms with Gasteiger partial charge in [-0.05, 0) is 30.2 Å². The van der Waals surface area contributed by atoms with Crippen molar-refractivity contribution < 1.29 is 9.90 Å². The van der Waals surface area contributed by atoms with E-state index in [1.165, 1.54) is 5.56 Å². The number of aromatic nitrogens is 4. The molecule has 1 aromatic carbocycles. The molecular weight excluding hydrogens is 232 g/mol. The molecule has 0 fully saturated rings. The van der Waals surface area contributed by atoms with Gasteiger partial charge in [0, 0.05) is 6.42 Å². The first-order valence-corrected chi connectivity index (χ1v) is 5.59. The minimum Gasteiger partial charge on any atom is -0.480 e. The standard InChI is InChI=1S/C12H14N4O2/c1-8-3-4-9(2)10(5-8)6-11-13-15-16(14-11)7-12(17)18/h3-5H,6-7H2,1-2H3,(H,17,18). The predicted molar refractivity (Wildman–Crippen MR) is 64.2 cm³/mol. The quantitative estimate of drug-likeness (QED) is 0.869. The number of hydrogen-bond donors (Lipinski definition) is 1. The van der Waals surface area contributed by atoms with Crippen LogP contribution < -0.4 is 0 Å². The number of aliphatic carboxylic acids is 1. The lowest BCUT2D eigenvalue weighted by molar-refractivity contribution is -0.138. The Morgan fingerprint density at radius 3 is 2.89 bits per heavy atom. The van der Waals surface area contributed by atoms with Crippen molar-refractivity contribution in [2.45, 2.75) is 26.8 Å². The normalized spacial score (nSPS) is 10.6. The van der Waals surface area contributed by atoms with Gasteiger partial charge in [0.25, 0.3) is 0 Å². The van der Waals surface area contributed by atoms with Crippen molar-refractivity contribution in [3.05, 3.63) is 40.7 Å². The Morgan fingerprint density at radius 2 is 2.17 bits per heavy atom. The molecule has 0 radical (unpaired) electrons. The van der Waals surface area contributed by atoms with Crippen LogP contribution in [0.2, 0.25) is 0 Å². The number of benzene rings is 1. The third-order valence-corrected chi connectivity index (χ3v) is 2.62. The predicted octanol–water partition coefficient (Wildman–Crippen LogP) is 0.965. The number of carboxylic acid groups (broad SMARTS) is 1. The van der Waals surface area contributed by atoms with Crippen LogP contribution in [0.5, 0.6) is 0 Å². The van der Waals surface area contributed by atoms with Crippen LogP contribution in [-0.2, 0) is 17.8 Å². The van der Waals surface area contributed by atoms with Crippen LogP contribution in [0, 0.1) is 13.8 Å². The molecule has 0 amide bonds. The molecule has 0 saturated heterocycles. The van der Waals surface area contributed by atoms with Crippen molar-refractivity contribution in [3.63, 3.8) is 0 Å². The highest BCUT2D eigenvalue weighted by Crippen LogP contribution is 2.13. The van der Waals surface area contributed by atoms with Gasteiger partial charge in [0.05, 0.1) is 0 Å². The Kier molecular flexibility index (Phi) is 3.36. The van der Waals surface area contributed by atoms with Gasteiger partial charge >= 0.3 is 5.97 Å². The zero-order valence-electron chi connectivity index (χ0n) is 10.3. The Hall–Kier alpha value is -2.24. The third kappa shape index (κ3) is 2.91. The molecule has 0 saturated carbocycles. The van der Waals surface area contributed by atoms with E-state index in [1.54, 1.807) is 0 Å². The van der Waals surface area contributed by atoms with E-state index in [1.807, 2.05) is 26.0 Å². The summed E-state index contributed by atoms with van der Waals surface area (Å²) in [6.07, 6.45) is 0.563. The van der Waals surface area contributed by atoms with Gasteiger partial charge < -0.3 is 5.11 Å². The molecule has 0 aliphatic carbocycles. The summed E-state index contributed by atoms with van der Waals surface area (Å²) in [5, 5.41) is 20.2. The van der Waals surface area contributed by atoms with Gasteiger partial charge in [-0.1, -0.05) is 23.8 Å². The van der Waals surface area contributed by atoms with Crippen LogP contribution in [0.25, 0.3) is 0 Å². The zero-order valence-corrected chi connectivity index (χ0v) is 10.3. The number of rotatable bonds is 4. The van der Waals surface area contributed by atoms with Crippen LogP contribution >= 0.6 is 0 Å². The monoisotopic (exact) mass is 246 g/mol. The largest absolute Gasteiger partial charge is 0.480 e. The zero-order chi connectivity index (χ0) is 13.1. The summed E-state index contributed by atoms with van der Waals surface area (Å²) in [6.45, 7) is 3.79. The number of tetrazole rings is 1. The lowest BCUT2D eigenvalue weighted by Crippen LogP contribution is -2.11. The summed E-state index contributed by atoms with van der Waals surface area (Å²) in [7, 11) is 0. The van der Waals surface area contributed by atoms with E-state index >= 15 is 0 Å². The number of nitrogens with zero attached hydrogens (tertiary/aromatic N) is 4. The highest BCUT2D eigenvalue weighted by Gasteiger charge is 2.08. The maximum Gasteiger partial charge on any atom is 0.327 e. The second-order valence-electron chi connectivity index (χ2n) is 4.24. The molecule has 6 nitrogen and oxygen atoms in total. The Balaban J connectivity index is 2.16. The van der Waals surface area contributed by atoms with E-state index < -0.39 is 5.97 Å². The fourth-order valence-electron chi connectivity index (χ4n) is 1.70. The third-order valence-electron chi connectivity index (χ3n) is 2.62. The van der Waals surface area contributed by atoms with E-state index in [0.29, 0.717) is 12.2 Å². The minimum atomic E-state index is -0.981. The fourth-order valence-corrected chi connectivity index (χ4v) is 1.70. The summed E-state index contributed by atoms with van der Waals surface area (Å²) < 4.78 is 0. The van der Waals surface area contributed by atoms with Crippen molar-refractivity contribution in [2.75, 3.05) is 0 Å². The minimum absolute atomic E-state index is 0.264. The van der Waals surface area contributed by atoms with Gasteiger partial charge in [-0.15, -0.1) is 10.2 Å². The average molecular weight is 246 g/mol. The van der Waals surface area contributed by atoms with Crippen LogP contribution in [-0.4, -0.2) is 31.3 Å². The van der Waals surface area contributed by atoms with Gasteiger partial charge in [0.1, 0.15) is 0 Å². The Morgan fingerprint density at radius 1 is 1.39 bits per heavy atom. The molecule has 0 unspecified atom stereocenters. The van der Waals surface area contributed by atoms with Crippen LogP contribution in [0.3, 0.4) is 0 Å². The molecule has 94 valence electrons. The highest BCUT2D eigenvalue weighted by molar-refractivity contribution is 5.66. The van der Waals surface area contributed by atoms with Crippen molar-refractivity contribution in [1.82, 2.24) is 20.2 Å². The van der Waals surface area contributed by atoms with E-state index in [-0.39, 0.29) is 6.54 Å². The molecule has 1 aromatic heterocycles. The molecule has 0 bridgehead atoms. The van der Waals surface area contributed by atoms with Gasteiger partial charge in [-0.25, -0.2) is 0 Å². The molecule has 0 aliphatic rings. The molecule has 0 atom stereocenters. The van der Waals surface area contributed by atoms with E-state index in [4.69, 9.17) is 5.11 Å². The topological polar surface area (TPSA) is 80.9 Å². The van der Waals surface area contributed by atoms with Gasteiger partial charge in [0.2, 0.25) is 0 Å². The molecule has 2 rings (SSSR count). The molecular formula is C12H14N4O2. The Labute approximate surface area is 104 Å². The number of carboxylic acids is 1. The van der Waals surface area contributed by atoms with Gasteiger partial charge in [-0.3, -0.25) is 4.79 Å². The molecule has 6 heteroatoms. The second-order valence-corrected chi connectivity index (χ2v) is 4.24. The summed E-state index contributed by atoms with van der Waals surface area (Å²) in [4.78, 5) is 11.6. The van der Waals surface area contributed by atoms with Crippen molar-refractivity contribution in [1.29, 1.82) is 0 Å². The second kappa shape index (κ2) is 4.95. The highest BCUT2D eigenvalue weighted by atomic mass is 16.4. The van der Waals surface area contributed by atoms with Gasteiger partial charge in [0.15, 0.2) is 12.4 Å². The SMILES string of the molecule is Cc1ccc(C)c(Cc2nnn(CC(=O)O)n2)c1. The summed E-state index contributed by atoms with van der Waals surface area (Å²) >= 11 is 0. The molecule has 0 spiro atoms. The smallest absolute Gasteiger partial charge is 0.327 e. The maximum atomic E-state index is 10.5. The van der Waals surface area contributed by atoms with Crippen molar-refractivity contribution in [3.8, 4) is 0 Å².